The monoisotopic (exact) mass is 319 g/mol. The number of nitrogens with one attached hydrogen (secondary N) is 2. The normalized spacial score (nSPS) is 19.8. The fraction of sp³-hybridized carbons (Fsp3) is 0.583. The molecule has 0 radical (unpaired) electrons. The molecule has 0 saturated carbocycles. The van der Waals surface area contributed by atoms with Gasteiger partial charge in [0.2, 0.25) is 10.0 Å². The van der Waals surface area contributed by atoms with Crippen LogP contribution in [-0.4, -0.2) is 39.7 Å². The molecule has 0 aromatic carbocycles. The third kappa shape index (κ3) is 3.82. The highest BCUT2D eigenvalue weighted by molar-refractivity contribution is 7.89. The maximum Gasteiger partial charge on any atom is 0.242 e. The van der Waals surface area contributed by atoms with E-state index in [0.717, 1.165) is 19.3 Å². The molecule has 0 aliphatic carbocycles. The van der Waals surface area contributed by atoms with Gasteiger partial charge in [0.25, 0.3) is 0 Å². The van der Waals surface area contributed by atoms with Crippen LogP contribution in [0.15, 0.2) is 17.2 Å². The molecule has 112 valence electrons. The Balaban J connectivity index is 2.04. The Morgan fingerprint density at radius 2 is 2.30 bits per heavy atom. The highest BCUT2D eigenvalue weighted by Gasteiger charge is 2.20. The van der Waals surface area contributed by atoms with Gasteiger partial charge >= 0.3 is 0 Å². The average Bonchev–Trinajstić information content (AvgIpc) is 2.46. The highest BCUT2D eigenvalue weighted by atomic mass is 35.5. The number of nitrogens with zero attached hydrogens (tertiary/aromatic N) is 1. The first-order chi connectivity index (χ1) is 9.53. The van der Waals surface area contributed by atoms with Crippen LogP contribution < -0.4 is 10.0 Å². The van der Waals surface area contributed by atoms with E-state index in [1.165, 1.54) is 12.3 Å². The van der Waals surface area contributed by atoms with E-state index in [1.54, 1.807) is 7.05 Å². The average molecular weight is 320 g/mol. The Labute approximate surface area is 123 Å². The Hall–Kier alpha value is -0.890. The van der Waals surface area contributed by atoms with Gasteiger partial charge in [-0.1, -0.05) is 11.6 Å². The second kappa shape index (κ2) is 6.71. The summed E-state index contributed by atoms with van der Waals surface area (Å²) in [6, 6.07) is 1.38. The zero-order valence-corrected chi connectivity index (χ0v) is 12.8. The lowest BCUT2D eigenvalue weighted by molar-refractivity contribution is 0.0200. The summed E-state index contributed by atoms with van der Waals surface area (Å²) in [5.41, 5.74) is 0. The molecule has 0 amide bonds. The molecule has 1 aromatic heterocycles. The van der Waals surface area contributed by atoms with Gasteiger partial charge in [0.1, 0.15) is 10.7 Å². The quantitative estimate of drug-likeness (QED) is 0.862. The summed E-state index contributed by atoms with van der Waals surface area (Å²) in [5, 5.41) is 3.05. The molecule has 2 rings (SSSR count). The van der Waals surface area contributed by atoms with Crippen LogP contribution in [0.4, 0.5) is 5.82 Å². The predicted molar refractivity (Wildman–Crippen MR) is 77.6 cm³/mol. The van der Waals surface area contributed by atoms with E-state index >= 15 is 0 Å². The number of ether oxygens (including phenoxy) is 1. The van der Waals surface area contributed by atoms with Gasteiger partial charge in [-0.2, -0.15) is 0 Å². The molecule has 1 aliphatic rings. The van der Waals surface area contributed by atoms with E-state index in [-0.39, 0.29) is 22.6 Å². The molecule has 20 heavy (non-hydrogen) atoms. The largest absolute Gasteiger partial charge is 0.377 e. The maximum atomic E-state index is 12.1. The number of pyridine rings is 1. The molecule has 1 saturated heterocycles. The molecule has 1 aliphatic heterocycles. The van der Waals surface area contributed by atoms with Crippen molar-refractivity contribution in [3.8, 4) is 0 Å². The van der Waals surface area contributed by atoms with Crippen LogP contribution in [0, 0.1) is 0 Å². The van der Waals surface area contributed by atoms with Gasteiger partial charge in [-0.3, -0.25) is 0 Å². The third-order valence-corrected chi connectivity index (χ3v) is 4.82. The van der Waals surface area contributed by atoms with E-state index in [4.69, 9.17) is 16.3 Å². The Kier molecular flexibility index (Phi) is 5.20. The molecule has 8 heteroatoms. The molecule has 1 aromatic rings. The Bertz CT molecular complexity index is 559. The molecule has 2 heterocycles. The van der Waals surface area contributed by atoms with Gasteiger partial charge in [-0.15, -0.1) is 0 Å². The highest BCUT2D eigenvalue weighted by Crippen LogP contribution is 2.22. The van der Waals surface area contributed by atoms with Crippen molar-refractivity contribution in [2.75, 3.05) is 25.5 Å². The maximum absolute atomic E-state index is 12.1. The van der Waals surface area contributed by atoms with Crippen molar-refractivity contribution < 1.29 is 13.2 Å². The SMILES string of the molecule is CNc1ncc(S(=O)(=O)NCC2CCCCO2)cc1Cl. The topological polar surface area (TPSA) is 80.3 Å². The first-order valence-electron chi connectivity index (χ1n) is 6.47. The summed E-state index contributed by atoms with van der Waals surface area (Å²) in [6.07, 6.45) is 4.20. The predicted octanol–water partition coefficient (Wildman–Crippen LogP) is 1.62. The van der Waals surface area contributed by atoms with Crippen LogP contribution in [0.25, 0.3) is 0 Å². The fourth-order valence-electron chi connectivity index (χ4n) is 2.01. The minimum atomic E-state index is -3.61. The number of hydrogen-bond donors (Lipinski definition) is 2. The first kappa shape index (κ1) is 15.5. The van der Waals surface area contributed by atoms with E-state index in [9.17, 15) is 8.42 Å². The molecule has 0 bridgehead atoms. The van der Waals surface area contributed by atoms with Crippen LogP contribution >= 0.6 is 11.6 Å². The lowest BCUT2D eigenvalue weighted by atomic mass is 10.1. The van der Waals surface area contributed by atoms with Gasteiger partial charge in [0, 0.05) is 26.4 Å². The van der Waals surface area contributed by atoms with Crippen molar-refractivity contribution in [3.05, 3.63) is 17.3 Å². The zero-order chi connectivity index (χ0) is 14.6. The zero-order valence-electron chi connectivity index (χ0n) is 11.2. The van der Waals surface area contributed by atoms with Crippen LogP contribution in [-0.2, 0) is 14.8 Å². The minimum absolute atomic E-state index is 0.0531. The van der Waals surface area contributed by atoms with Gasteiger partial charge in [0.05, 0.1) is 11.1 Å². The van der Waals surface area contributed by atoms with Crippen LogP contribution in [0.5, 0.6) is 0 Å². The third-order valence-electron chi connectivity index (χ3n) is 3.14. The summed E-state index contributed by atoms with van der Waals surface area (Å²) >= 11 is 5.94. The second-order valence-electron chi connectivity index (χ2n) is 4.59. The fourth-order valence-corrected chi connectivity index (χ4v) is 3.37. The molecule has 1 unspecified atom stereocenters. The minimum Gasteiger partial charge on any atom is -0.377 e. The van der Waals surface area contributed by atoms with E-state index in [1.807, 2.05) is 0 Å². The Morgan fingerprint density at radius 3 is 2.90 bits per heavy atom. The summed E-state index contributed by atoms with van der Waals surface area (Å²) in [6.45, 7) is 0.963. The van der Waals surface area contributed by atoms with Crippen LogP contribution in [0.3, 0.4) is 0 Å². The Morgan fingerprint density at radius 1 is 1.50 bits per heavy atom. The first-order valence-corrected chi connectivity index (χ1v) is 8.33. The van der Waals surface area contributed by atoms with E-state index in [2.05, 4.69) is 15.0 Å². The molecular formula is C12H18ClN3O3S. The van der Waals surface area contributed by atoms with Crippen molar-refractivity contribution in [1.29, 1.82) is 0 Å². The standard InChI is InChI=1S/C12H18ClN3O3S/c1-14-12-11(13)6-10(8-15-12)20(17,18)16-7-9-4-2-3-5-19-9/h6,8-9,16H,2-5,7H2,1H3,(H,14,15). The number of rotatable bonds is 5. The van der Waals surface area contributed by atoms with Crippen molar-refractivity contribution >= 4 is 27.4 Å². The summed E-state index contributed by atoms with van der Waals surface area (Å²) in [4.78, 5) is 4.02. The number of sulfonamides is 1. The molecule has 6 nitrogen and oxygen atoms in total. The van der Waals surface area contributed by atoms with Gasteiger partial charge in [0.15, 0.2) is 0 Å². The van der Waals surface area contributed by atoms with E-state index < -0.39 is 10.0 Å². The van der Waals surface area contributed by atoms with Crippen molar-refractivity contribution in [2.45, 2.75) is 30.3 Å². The summed E-state index contributed by atoms with van der Waals surface area (Å²) in [5.74, 6) is 0.446. The van der Waals surface area contributed by atoms with Gasteiger partial charge in [-0.25, -0.2) is 18.1 Å². The molecule has 2 N–H and O–H groups in total. The number of hydrogen-bond acceptors (Lipinski definition) is 5. The lowest BCUT2D eigenvalue weighted by Gasteiger charge is -2.22. The second-order valence-corrected chi connectivity index (χ2v) is 6.77. The summed E-state index contributed by atoms with van der Waals surface area (Å²) in [7, 11) is -1.94. The van der Waals surface area contributed by atoms with Gasteiger partial charge in [-0.05, 0) is 25.3 Å². The van der Waals surface area contributed by atoms with Gasteiger partial charge < -0.3 is 10.1 Å². The van der Waals surface area contributed by atoms with E-state index in [0.29, 0.717) is 12.4 Å². The van der Waals surface area contributed by atoms with Crippen molar-refractivity contribution in [1.82, 2.24) is 9.71 Å². The van der Waals surface area contributed by atoms with Crippen LogP contribution in [0.1, 0.15) is 19.3 Å². The summed E-state index contributed by atoms with van der Waals surface area (Å²) < 4.78 is 32.3. The van der Waals surface area contributed by atoms with Crippen molar-refractivity contribution in [2.24, 2.45) is 0 Å². The molecule has 1 fully saturated rings. The smallest absolute Gasteiger partial charge is 0.242 e. The lowest BCUT2D eigenvalue weighted by Crippen LogP contribution is -2.35. The van der Waals surface area contributed by atoms with Crippen molar-refractivity contribution in [3.63, 3.8) is 0 Å². The number of aromatic nitrogens is 1. The molecule has 1 atom stereocenters. The molecular weight excluding hydrogens is 302 g/mol. The number of anilines is 1. The molecule has 0 spiro atoms. The number of halogens is 1. The van der Waals surface area contributed by atoms with Crippen LogP contribution in [0.2, 0.25) is 5.02 Å².